The summed E-state index contributed by atoms with van der Waals surface area (Å²) in [5, 5.41) is 9.36. The Labute approximate surface area is 119 Å². The third-order valence-electron chi connectivity index (χ3n) is 4.68. The molecule has 110 valence electrons. The van der Waals surface area contributed by atoms with Gasteiger partial charge < -0.3 is 9.53 Å². The van der Waals surface area contributed by atoms with Crippen molar-refractivity contribution in [3.63, 3.8) is 0 Å². The predicted octanol–water partition coefficient (Wildman–Crippen LogP) is 4.28. The van der Waals surface area contributed by atoms with Crippen molar-refractivity contribution in [2.75, 3.05) is 6.61 Å². The zero-order chi connectivity index (χ0) is 14.8. The summed E-state index contributed by atoms with van der Waals surface area (Å²) in [5.41, 5.74) is 2.36. The lowest BCUT2D eigenvalue weighted by molar-refractivity contribution is 0.148. The highest BCUT2D eigenvalue weighted by molar-refractivity contribution is 6.74. The van der Waals surface area contributed by atoms with Gasteiger partial charge in [0.05, 0.1) is 6.61 Å². The Hall–Kier alpha value is -0.383. The molecule has 1 fully saturated rings. The van der Waals surface area contributed by atoms with E-state index in [1.54, 1.807) is 0 Å². The lowest BCUT2D eigenvalue weighted by atomic mass is 9.81. The Morgan fingerprint density at radius 1 is 1.42 bits per heavy atom. The van der Waals surface area contributed by atoms with E-state index in [2.05, 4.69) is 47.4 Å². The molecule has 0 bridgehead atoms. The number of hydrogen-bond donors (Lipinski definition) is 1. The fourth-order valence-electron chi connectivity index (χ4n) is 2.32. The fraction of sp³-hybridized carbons (Fsp3) is 0.750. The summed E-state index contributed by atoms with van der Waals surface area (Å²) in [4.78, 5) is 0. The largest absolute Gasteiger partial charge is 0.414 e. The van der Waals surface area contributed by atoms with Crippen LogP contribution >= 0.6 is 0 Å². The average molecular weight is 282 g/mol. The molecule has 1 aliphatic carbocycles. The minimum Gasteiger partial charge on any atom is -0.414 e. The molecule has 0 saturated heterocycles. The van der Waals surface area contributed by atoms with Crippen LogP contribution < -0.4 is 0 Å². The van der Waals surface area contributed by atoms with Crippen LogP contribution in [0.1, 0.15) is 40.5 Å². The van der Waals surface area contributed by atoms with Crippen molar-refractivity contribution < 1.29 is 9.53 Å². The van der Waals surface area contributed by atoms with Gasteiger partial charge in [0.2, 0.25) is 0 Å². The van der Waals surface area contributed by atoms with Gasteiger partial charge in [-0.15, -0.1) is 0 Å². The molecule has 0 heterocycles. The van der Waals surface area contributed by atoms with Gasteiger partial charge in [0.15, 0.2) is 8.32 Å². The molecule has 0 spiro atoms. The maximum Gasteiger partial charge on any atom is 0.192 e. The first-order valence-electron chi connectivity index (χ1n) is 7.25. The van der Waals surface area contributed by atoms with Crippen LogP contribution in [0.5, 0.6) is 0 Å². The molecule has 1 unspecified atom stereocenters. The lowest BCUT2D eigenvalue weighted by Gasteiger charge is -2.42. The third kappa shape index (κ3) is 4.04. The molecule has 1 saturated carbocycles. The van der Waals surface area contributed by atoms with Gasteiger partial charge in [-0.25, -0.2) is 0 Å². The van der Waals surface area contributed by atoms with Gasteiger partial charge in [-0.3, -0.25) is 0 Å². The molecule has 1 aliphatic rings. The van der Waals surface area contributed by atoms with Crippen LogP contribution in [0.2, 0.25) is 18.1 Å². The number of aliphatic hydroxyl groups is 1. The molecule has 0 amide bonds. The first-order valence-corrected chi connectivity index (χ1v) is 10.2. The molecule has 0 aromatic carbocycles. The summed E-state index contributed by atoms with van der Waals surface area (Å²) >= 11 is 0. The zero-order valence-electron chi connectivity index (χ0n) is 13.4. The molecule has 2 atom stereocenters. The van der Waals surface area contributed by atoms with E-state index in [1.165, 1.54) is 11.1 Å². The Bertz CT molecular complexity index is 363. The molecule has 2 nitrogen and oxygen atoms in total. The Balaban J connectivity index is 2.81. The van der Waals surface area contributed by atoms with Crippen molar-refractivity contribution in [2.45, 2.75) is 64.8 Å². The minimum absolute atomic E-state index is 0.0912. The summed E-state index contributed by atoms with van der Waals surface area (Å²) < 4.78 is 6.51. The number of rotatable bonds is 3. The second-order valence-corrected chi connectivity index (χ2v) is 12.0. The predicted molar refractivity (Wildman–Crippen MR) is 84.8 cm³/mol. The standard InChI is InChI=1S/C16H30O2Si/c1-12-10-15(11-14(8-9-17)13(12)2)18-19(6,7)16(3,4)5/h8,12,15,17H,2,9-11H2,1,3-7H3/t12-,15?/m0/s1. The number of allylic oxidation sites excluding steroid dienone is 1. The van der Waals surface area contributed by atoms with E-state index in [0.29, 0.717) is 5.92 Å². The van der Waals surface area contributed by atoms with Crippen molar-refractivity contribution >= 4 is 8.32 Å². The first kappa shape index (κ1) is 16.7. The molecule has 19 heavy (non-hydrogen) atoms. The van der Waals surface area contributed by atoms with Gasteiger partial charge in [0.25, 0.3) is 0 Å². The van der Waals surface area contributed by atoms with Crippen molar-refractivity contribution in [1.29, 1.82) is 0 Å². The van der Waals surface area contributed by atoms with E-state index >= 15 is 0 Å². The van der Waals surface area contributed by atoms with Crippen molar-refractivity contribution in [3.05, 3.63) is 23.8 Å². The number of aliphatic hydroxyl groups excluding tert-OH is 1. The zero-order valence-corrected chi connectivity index (χ0v) is 14.4. The van der Waals surface area contributed by atoms with E-state index in [4.69, 9.17) is 9.53 Å². The van der Waals surface area contributed by atoms with Gasteiger partial charge in [-0.2, -0.15) is 0 Å². The SMILES string of the molecule is C=C1C(=CCO)CC(O[Si](C)(C)C(C)(C)C)C[C@@H]1C. The smallest absolute Gasteiger partial charge is 0.192 e. The maximum atomic E-state index is 9.12. The monoisotopic (exact) mass is 282 g/mol. The highest BCUT2D eigenvalue weighted by Crippen LogP contribution is 2.41. The van der Waals surface area contributed by atoms with Crippen LogP contribution in [0.3, 0.4) is 0 Å². The topological polar surface area (TPSA) is 29.5 Å². The summed E-state index contributed by atoms with van der Waals surface area (Å²) in [7, 11) is -1.72. The lowest BCUT2D eigenvalue weighted by Crippen LogP contribution is -2.45. The van der Waals surface area contributed by atoms with Gasteiger partial charge in [0.1, 0.15) is 0 Å². The van der Waals surface area contributed by atoms with E-state index in [9.17, 15) is 0 Å². The van der Waals surface area contributed by atoms with Crippen LogP contribution in [0.25, 0.3) is 0 Å². The Morgan fingerprint density at radius 2 is 2.00 bits per heavy atom. The molecule has 0 radical (unpaired) electrons. The molecule has 1 rings (SSSR count). The maximum absolute atomic E-state index is 9.12. The molecule has 0 aliphatic heterocycles. The summed E-state index contributed by atoms with van der Waals surface area (Å²) in [5.74, 6) is 0.446. The first-order chi connectivity index (χ1) is 8.58. The molecule has 0 aromatic heterocycles. The van der Waals surface area contributed by atoms with Crippen molar-refractivity contribution in [3.8, 4) is 0 Å². The third-order valence-corrected chi connectivity index (χ3v) is 9.21. The normalized spacial score (nSPS) is 27.9. The van der Waals surface area contributed by atoms with Crippen LogP contribution in [0.15, 0.2) is 23.8 Å². The van der Waals surface area contributed by atoms with E-state index in [0.717, 1.165) is 12.8 Å². The van der Waals surface area contributed by atoms with Gasteiger partial charge in [0, 0.05) is 6.10 Å². The van der Waals surface area contributed by atoms with E-state index < -0.39 is 8.32 Å². The summed E-state index contributed by atoms with van der Waals surface area (Å²) in [6.45, 7) is 17.9. The van der Waals surface area contributed by atoms with Crippen LogP contribution in [0, 0.1) is 5.92 Å². The number of hydrogen-bond acceptors (Lipinski definition) is 2. The van der Waals surface area contributed by atoms with Crippen LogP contribution in [0.4, 0.5) is 0 Å². The quantitative estimate of drug-likeness (QED) is 0.783. The second kappa shape index (κ2) is 5.94. The Kier molecular flexibility index (Phi) is 5.21. The molecule has 0 aromatic rings. The Morgan fingerprint density at radius 3 is 2.47 bits per heavy atom. The second-order valence-electron chi connectivity index (χ2n) is 7.28. The van der Waals surface area contributed by atoms with Gasteiger partial charge in [-0.1, -0.05) is 40.3 Å². The highest BCUT2D eigenvalue weighted by Gasteiger charge is 2.40. The van der Waals surface area contributed by atoms with Crippen molar-refractivity contribution in [1.82, 2.24) is 0 Å². The highest BCUT2D eigenvalue weighted by atomic mass is 28.4. The van der Waals surface area contributed by atoms with Gasteiger partial charge in [-0.05, 0) is 48.0 Å². The average Bonchev–Trinajstić information content (AvgIpc) is 2.23. The van der Waals surface area contributed by atoms with Crippen LogP contribution in [-0.4, -0.2) is 26.1 Å². The van der Waals surface area contributed by atoms with E-state index in [-0.39, 0.29) is 17.7 Å². The fourth-order valence-corrected chi connectivity index (χ4v) is 3.69. The molecular formula is C16H30O2Si. The minimum atomic E-state index is -1.72. The molecule has 1 N–H and O–H groups in total. The molecular weight excluding hydrogens is 252 g/mol. The van der Waals surface area contributed by atoms with Crippen molar-refractivity contribution in [2.24, 2.45) is 5.92 Å². The van der Waals surface area contributed by atoms with Crippen LogP contribution in [-0.2, 0) is 4.43 Å². The van der Waals surface area contributed by atoms with Gasteiger partial charge >= 0.3 is 0 Å². The molecule has 3 heteroatoms. The summed E-state index contributed by atoms with van der Waals surface area (Å²) in [6, 6.07) is 0. The summed E-state index contributed by atoms with van der Waals surface area (Å²) in [6.07, 6.45) is 4.11. The van der Waals surface area contributed by atoms with E-state index in [1.807, 2.05) is 6.08 Å².